The lowest BCUT2D eigenvalue weighted by Gasteiger charge is -2.10. The lowest BCUT2D eigenvalue weighted by molar-refractivity contribution is 0.585. The molecule has 5 rings (SSSR count). The minimum atomic E-state index is 0.121. The van der Waals surface area contributed by atoms with Gasteiger partial charge in [-0.1, -0.05) is 61.9 Å². The zero-order chi connectivity index (χ0) is 21.9. The highest BCUT2D eigenvalue weighted by molar-refractivity contribution is 5.80. The maximum Gasteiger partial charge on any atom is 0.328 e. The van der Waals surface area contributed by atoms with Gasteiger partial charge in [-0.2, -0.15) is 0 Å². The maximum absolute atomic E-state index is 13.1. The Bertz CT molecular complexity index is 1230. The van der Waals surface area contributed by atoms with Crippen LogP contribution in [-0.4, -0.2) is 29.8 Å². The van der Waals surface area contributed by atoms with Crippen molar-refractivity contribution in [2.75, 3.05) is 0 Å². The minimum absolute atomic E-state index is 0.121. The summed E-state index contributed by atoms with van der Waals surface area (Å²) < 4.78 is 3.89. The topological polar surface area (TPSA) is 81.4 Å². The molecule has 1 saturated carbocycles. The van der Waals surface area contributed by atoms with Crippen LogP contribution in [-0.2, 0) is 19.5 Å². The van der Waals surface area contributed by atoms with Gasteiger partial charge in [0.25, 0.3) is 0 Å². The fourth-order valence-corrected chi connectivity index (χ4v) is 4.21. The highest BCUT2D eigenvalue weighted by atomic mass is 16.1. The summed E-state index contributed by atoms with van der Waals surface area (Å²) in [7, 11) is 0. The summed E-state index contributed by atoms with van der Waals surface area (Å²) in [6.07, 6.45) is 7.74. The predicted molar refractivity (Wildman–Crippen MR) is 124 cm³/mol. The minimum Gasteiger partial charge on any atom is -0.299 e. The van der Waals surface area contributed by atoms with Gasteiger partial charge in [0.2, 0.25) is 0 Å². The van der Waals surface area contributed by atoms with E-state index in [0.717, 1.165) is 53.8 Å². The number of imidazole rings is 1. The average molecular weight is 429 g/mol. The standard InChI is InChI=1S/C25H28N6O/c1-2-3-6-21-17-30(15-18-9-10-18)25(32)31(21)16-19-11-13-20(14-12-19)22-7-4-5-8-23(22)24-26-28-29-27-24/h4-5,7-8,11-14,17-18H,2-3,6,9-10,15-16H2,1H3,(H,26,27,28,29). The number of H-pyrrole nitrogens is 1. The van der Waals surface area contributed by atoms with E-state index >= 15 is 0 Å². The number of tetrazole rings is 1. The summed E-state index contributed by atoms with van der Waals surface area (Å²) in [5.41, 5.74) is 5.50. The number of hydrogen-bond donors (Lipinski definition) is 1. The molecular weight excluding hydrogens is 400 g/mol. The van der Waals surface area contributed by atoms with Crippen molar-refractivity contribution < 1.29 is 0 Å². The van der Waals surface area contributed by atoms with Crippen LogP contribution in [0.15, 0.2) is 59.5 Å². The second kappa shape index (κ2) is 8.94. The van der Waals surface area contributed by atoms with Gasteiger partial charge in [0, 0.05) is 24.0 Å². The third-order valence-electron chi connectivity index (χ3n) is 6.20. The molecule has 0 unspecified atom stereocenters. The Morgan fingerprint density at radius 3 is 2.53 bits per heavy atom. The molecule has 0 amide bonds. The average Bonchev–Trinajstić information content (AvgIpc) is 3.38. The Morgan fingerprint density at radius 1 is 1.06 bits per heavy atom. The van der Waals surface area contributed by atoms with Crippen LogP contribution < -0.4 is 5.69 Å². The summed E-state index contributed by atoms with van der Waals surface area (Å²) in [4.78, 5) is 13.1. The van der Waals surface area contributed by atoms with Gasteiger partial charge >= 0.3 is 5.69 Å². The molecule has 164 valence electrons. The third-order valence-corrected chi connectivity index (χ3v) is 6.20. The van der Waals surface area contributed by atoms with Crippen LogP contribution in [0.25, 0.3) is 22.5 Å². The number of aromatic amines is 1. The van der Waals surface area contributed by atoms with Gasteiger partial charge in [-0.3, -0.25) is 9.13 Å². The number of hydrogen-bond acceptors (Lipinski definition) is 4. The van der Waals surface area contributed by atoms with Gasteiger partial charge < -0.3 is 0 Å². The summed E-state index contributed by atoms with van der Waals surface area (Å²) >= 11 is 0. The lowest BCUT2D eigenvalue weighted by Crippen LogP contribution is -2.26. The van der Waals surface area contributed by atoms with E-state index in [0.29, 0.717) is 18.3 Å². The molecular formula is C25H28N6O. The van der Waals surface area contributed by atoms with E-state index in [1.807, 2.05) is 27.3 Å². The van der Waals surface area contributed by atoms with Crippen LogP contribution in [0.3, 0.4) is 0 Å². The van der Waals surface area contributed by atoms with E-state index in [-0.39, 0.29) is 5.69 Å². The normalized spacial score (nSPS) is 13.5. The fourth-order valence-electron chi connectivity index (χ4n) is 4.21. The summed E-state index contributed by atoms with van der Waals surface area (Å²) in [6, 6.07) is 16.5. The Hall–Kier alpha value is -3.48. The number of unbranched alkanes of at least 4 members (excludes halogenated alkanes) is 1. The molecule has 0 bridgehead atoms. The molecule has 32 heavy (non-hydrogen) atoms. The zero-order valence-electron chi connectivity index (χ0n) is 18.4. The van der Waals surface area contributed by atoms with E-state index in [1.54, 1.807) is 0 Å². The quantitative estimate of drug-likeness (QED) is 0.431. The monoisotopic (exact) mass is 428 g/mol. The Morgan fingerprint density at radius 2 is 1.84 bits per heavy atom. The van der Waals surface area contributed by atoms with E-state index < -0.39 is 0 Å². The first-order valence-corrected chi connectivity index (χ1v) is 11.4. The molecule has 4 aromatic rings. The van der Waals surface area contributed by atoms with Crippen molar-refractivity contribution in [3.63, 3.8) is 0 Å². The molecule has 0 aliphatic heterocycles. The number of benzene rings is 2. The largest absolute Gasteiger partial charge is 0.328 e. The third kappa shape index (κ3) is 4.28. The van der Waals surface area contributed by atoms with Gasteiger partial charge in [-0.15, -0.1) is 5.10 Å². The number of aromatic nitrogens is 6. The smallest absolute Gasteiger partial charge is 0.299 e. The molecule has 7 nitrogen and oxygen atoms in total. The summed E-state index contributed by atoms with van der Waals surface area (Å²) in [5, 5.41) is 14.3. The Kier molecular flexibility index (Phi) is 5.71. The van der Waals surface area contributed by atoms with E-state index in [9.17, 15) is 4.79 Å². The molecule has 1 fully saturated rings. The SMILES string of the molecule is CCCCc1cn(CC2CC2)c(=O)n1Cc1ccc(-c2ccccc2-c2nnn[nH]2)cc1. The number of aryl methyl sites for hydroxylation is 1. The van der Waals surface area contributed by atoms with Crippen LogP contribution >= 0.6 is 0 Å². The van der Waals surface area contributed by atoms with Crippen molar-refractivity contribution in [3.8, 4) is 22.5 Å². The van der Waals surface area contributed by atoms with Gasteiger partial charge in [-0.25, -0.2) is 9.89 Å². The van der Waals surface area contributed by atoms with Crippen molar-refractivity contribution in [2.45, 2.75) is 52.1 Å². The molecule has 0 saturated heterocycles. The van der Waals surface area contributed by atoms with Crippen LogP contribution in [0.1, 0.15) is 43.9 Å². The van der Waals surface area contributed by atoms with Crippen molar-refractivity contribution in [1.82, 2.24) is 29.8 Å². The van der Waals surface area contributed by atoms with Gasteiger partial charge in [0.1, 0.15) is 0 Å². The van der Waals surface area contributed by atoms with Crippen molar-refractivity contribution in [1.29, 1.82) is 0 Å². The molecule has 0 atom stereocenters. The summed E-state index contributed by atoms with van der Waals surface area (Å²) in [6.45, 7) is 3.65. The van der Waals surface area contributed by atoms with Gasteiger partial charge in [-0.05, 0) is 58.7 Å². The first-order valence-electron chi connectivity index (χ1n) is 11.4. The lowest BCUT2D eigenvalue weighted by atomic mass is 9.98. The Balaban J connectivity index is 1.41. The van der Waals surface area contributed by atoms with Crippen LogP contribution in [0.2, 0.25) is 0 Å². The molecule has 2 heterocycles. The molecule has 2 aromatic heterocycles. The predicted octanol–water partition coefficient (Wildman–Crippen LogP) is 4.30. The zero-order valence-corrected chi connectivity index (χ0v) is 18.4. The summed E-state index contributed by atoms with van der Waals surface area (Å²) in [5.74, 6) is 1.33. The molecule has 2 aromatic carbocycles. The van der Waals surface area contributed by atoms with E-state index in [1.165, 1.54) is 12.8 Å². The molecule has 0 radical (unpaired) electrons. The van der Waals surface area contributed by atoms with Gasteiger partial charge in [0.05, 0.1) is 6.54 Å². The van der Waals surface area contributed by atoms with Crippen molar-refractivity contribution in [3.05, 3.63) is 76.5 Å². The fraction of sp³-hybridized carbons (Fsp3) is 0.360. The highest BCUT2D eigenvalue weighted by Gasteiger charge is 2.23. The molecule has 1 aliphatic rings. The molecule has 0 spiro atoms. The second-order valence-corrected chi connectivity index (χ2v) is 8.68. The van der Waals surface area contributed by atoms with Crippen LogP contribution in [0, 0.1) is 5.92 Å². The van der Waals surface area contributed by atoms with Crippen LogP contribution in [0.4, 0.5) is 0 Å². The maximum atomic E-state index is 13.1. The first-order chi connectivity index (χ1) is 15.7. The second-order valence-electron chi connectivity index (χ2n) is 8.68. The number of rotatable bonds is 9. The van der Waals surface area contributed by atoms with Gasteiger partial charge in [0.15, 0.2) is 5.82 Å². The number of nitrogens with zero attached hydrogens (tertiary/aromatic N) is 5. The van der Waals surface area contributed by atoms with E-state index in [2.05, 4.69) is 64.1 Å². The Labute approximate surface area is 187 Å². The van der Waals surface area contributed by atoms with E-state index in [4.69, 9.17) is 0 Å². The van der Waals surface area contributed by atoms with Crippen LogP contribution in [0.5, 0.6) is 0 Å². The number of nitrogens with one attached hydrogen (secondary N) is 1. The molecule has 7 heteroatoms. The highest BCUT2D eigenvalue weighted by Crippen LogP contribution is 2.31. The van der Waals surface area contributed by atoms with Crippen molar-refractivity contribution >= 4 is 0 Å². The molecule has 1 aliphatic carbocycles. The molecule has 1 N–H and O–H groups in total. The first kappa shape index (κ1) is 20.4. The van der Waals surface area contributed by atoms with Crippen molar-refractivity contribution in [2.24, 2.45) is 5.92 Å².